The zero-order valence-corrected chi connectivity index (χ0v) is 17.1. The Morgan fingerprint density at radius 1 is 1.13 bits per heavy atom. The molecule has 0 atom stereocenters. The number of benzene rings is 1. The third kappa shape index (κ3) is 4.45. The first-order chi connectivity index (χ1) is 14.3. The number of aryl methyl sites for hydroxylation is 1. The quantitative estimate of drug-likeness (QED) is 0.551. The summed E-state index contributed by atoms with van der Waals surface area (Å²) in [5, 5.41) is 10.5. The number of nitrogens with one attached hydrogen (secondary N) is 2. The number of nitrogens with two attached hydrogens (primary N) is 1. The molecule has 0 saturated carbocycles. The number of nitrogens with zero attached hydrogens (tertiary/aromatic N) is 3. The number of primary amides is 1. The van der Waals surface area contributed by atoms with Crippen LogP contribution in [0, 0.1) is 6.92 Å². The van der Waals surface area contributed by atoms with E-state index in [1.165, 1.54) is 0 Å². The molecular weight excluding hydrogens is 384 g/mol. The second kappa shape index (κ2) is 8.73. The summed E-state index contributed by atoms with van der Waals surface area (Å²) in [6, 6.07) is 8.53. The molecule has 0 spiro atoms. The predicted molar refractivity (Wildman–Crippen MR) is 113 cm³/mol. The van der Waals surface area contributed by atoms with E-state index in [9.17, 15) is 14.4 Å². The van der Waals surface area contributed by atoms with Gasteiger partial charge in [0.2, 0.25) is 5.91 Å². The Labute approximate surface area is 173 Å². The van der Waals surface area contributed by atoms with Crippen molar-refractivity contribution < 1.29 is 14.4 Å². The van der Waals surface area contributed by atoms with Crippen LogP contribution in [0.2, 0.25) is 0 Å². The van der Waals surface area contributed by atoms with E-state index >= 15 is 0 Å². The van der Waals surface area contributed by atoms with E-state index in [4.69, 9.17) is 5.73 Å². The fourth-order valence-corrected chi connectivity index (χ4v) is 3.05. The minimum atomic E-state index is -0.504. The number of rotatable bonds is 7. The molecule has 0 aliphatic rings. The standard InChI is InChI=1S/C21H24N6O3/c1-12(2)27-19-14(11-24-27)10-16(13(3)25-19)21(30)26-17-7-5-4-6-15(17)20(29)23-9-8-18(22)28/h4-7,10-12H,8-9H2,1-3H3,(H2,22,28)(H,23,29)(H,26,30). The maximum atomic E-state index is 12.9. The van der Waals surface area contributed by atoms with E-state index in [-0.39, 0.29) is 30.5 Å². The molecule has 3 aromatic rings. The van der Waals surface area contributed by atoms with E-state index in [0.717, 1.165) is 5.39 Å². The lowest BCUT2D eigenvalue weighted by Crippen LogP contribution is -2.29. The van der Waals surface area contributed by atoms with Crippen molar-refractivity contribution >= 4 is 34.4 Å². The highest BCUT2D eigenvalue weighted by atomic mass is 16.2. The van der Waals surface area contributed by atoms with Gasteiger partial charge in [0.05, 0.1) is 28.7 Å². The van der Waals surface area contributed by atoms with Crippen LogP contribution in [0.15, 0.2) is 36.5 Å². The molecule has 9 heteroatoms. The number of hydrogen-bond acceptors (Lipinski definition) is 5. The van der Waals surface area contributed by atoms with Gasteiger partial charge in [-0.1, -0.05) is 12.1 Å². The highest BCUT2D eigenvalue weighted by Gasteiger charge is 2.18. The van der Waals surface area contributed by atoms with Crippen molar-refractivity contribution in [1.29, 1.82) is 0 Å². The lowest BCUT2D eigenvalue weighted by atomic mass is 10.1. The molecule has 0 saturated heterocycles. The molecule has 0 radical (unpaired) electrons. The van der Waals surface area contributed by atoms with Crippen LogP contribution in [0.25, 0.3) is 11.0 Å². The van der Waals surface area contributed by atoms with Gasteiger partial charge in [-0.15, -0.1) is 0 Å². The summed E-state index contributed by atoms with van der Waals surface area (Å²) in [4.78, 5) is 40.8. The van der Waals surface area contributed by atoms with Gasteiger partial charge in [0, 0.05) is 24.4 Å². The minimum absolute atomic E-state index is 0.0369. The smallest absolute Gasteiger partial charge is 0.257 e. The number of carbonyl (C=O) groups excluding carboxylic acids is 3. The molecule has 0 aliphatic heterocycles. The van der Waals surface area contributed by atoms with E-state index in [1.807, 2.05) is 13.8 Å². The number of pyridine rings is 1. The van der Waals surface area contributed by atoms with E-state index < -0.39 is 11.8 Å². The second-order valence-corrected chi connectivity index (χ2v) is 7.19. The van der Waals surface area contributed by atoms with Crippen molar-refractivity contribution in [3.63, 3.8) is 0 Å². The van der Waals surface area contributed by atoms with Gasteiger partial charge in [0.1, 0.15) is 0 Å². The molecule has 4 N–H and O–H groups in total. The highest BCUT2D eigenvalue weighted by molar-refractivity contribution is 6.10. The SMILES string of the molecule is Cc1nc2c(cnn2C(C)C)cc1C(=O)Nc1ccccc1C(=O)NCCC(N)=O. The molecule has 2 heterocycles. The molecule has 1 aromatic carbocycles. The van der Waals surface area contributed by atoms with Gasteiger partial charge in [-0.25, -0.2) is 9.67 Å². The first-order valence-corrected chi connectivity index (χ1v) is 9.59. The maximum Gasteiger partial charge on any atom is 0.257 e. The molecule has 9 nitrogen and oxygen atoms in total. The second-order valence-electron chi connectivity index (χ2n) is 7.19. The Morgan fingerprint density at radius 2 is 1.87 bits per heavy atom. The zero-order chi connectivity index (χ0) is 21.8. The van der Waals surface area contributed by atoms with Crippen LogP contribution >= 0.6 is 0 Å². The third-order valence-corrected chi connectivity index (χ3v) is 4.57. The van der Waals surface area contributed by atoms with Gasteiger partial charge in [0.25, 0.3) is 11.8 Å². The van der Waals surface area contributed by atoms with Crippen LogP contribution in [0.3, 0.4) is 0 Å². The summed E-state index contributed by atoms with van der Waals surface area (Å²) in [7, 11) is 0. The fraction of sp³-hybridized carbons (Fsp3) is 0.286. The number of para-hydroxylation sites is 1. The molecule has 0 unspecified atom stereocenters. The van der Waals surface area contributed by atoms with E-state index in [2.05, 4.69) is 20.7 Å². The van der Waals surface area contributed by atoms with Crippen LogP contribution < -0.4 is 16.4 Å². The number of hydrogen-bond donors (Lipinski definition) is 3. The Kier molecular flexibility index (Phi) is 6.10. The highest BCUT2D eigenvalue weighted by Crippen LogP contribution is 2.21. The zero-order valence-electron chi connectivity index (χ0n) is 17.1. The van der Waals surface area contributed by atoms with Crippen molar-refractivity contribution in [3.05, 3.63) is 53.3 Å². The Bertz CT molecular complexity index is 1120. The summed E-state index contributed by atoms with van der Waals surface area (Å²) >= 11 is 0. The maximum absolute atomic E-state index is 12.9. The molecule has 30 heavy (non-hydrogen) atoms. The third-order valence-electron chi connectivity index (χ3n) is 4.57. The van der Waals surface area contributed by atoms with Crippen molar-refractivity contribution in [2.24, 2.45) is 5.73 Å². The summed E-state index contributed by atoms with van der Waals surface area (Å²) < 4.78 is 1.80. The first-order valence-electron chi connectivity index (χ1n) is 9.59. The molecule has 0 aliphatic carbocycles. The van der Waals surface area contributed by atoms with Gasteiger partial charge in [-0.3, -0.25) is 14.4 Å². The predicted octanol–water partition coefficient (Wildman–Crippen LogP) is 2.18. The summed E-state index contributed by atoms with van der Waals surface area (Å²) in [6.07, 6.45) is 1.72. The monoisotopic (exact) mass is 408 g/mol. The summed E-state index contributed by atoms with van der Waals surface area (Å²) in [5.41, 5.74) is 7.41. The summed E-state index contributed by atoms with van der Waals surface area (Å²) in [6.45, 7) is 5.90. The average molecular weight is 408 g/mol. The van der Waals surface area contributed by atoms with Crippen LogP contribution in [-0.4, -0.2) is 39.0 Å². The van der Waals surface area contributed by atoms with Crippen molar-refractivity contribution in [2.75, 3.05) is 11.9 Å². The van der Waals surface area contributed by atoms with Crippen LogP contribution in [0.5, 0.6) is 0 Å². The van der Waals surface area contributed by atoms with E-state index in [1.54, 1.807) is 48.1 Å². The molecule has 3 amide bonds. The number of carbonyl (C=O) groups is 3. The molecule has 3 rings (SSSR count). The van der Waals surface area contributed by atoms with Crippen molar-refractivity contribution in [2.45, 2.75) is 33.2 Å². The van der Waals surface area contributed by atoms with Crippen LogP contribution in [-0.2, 0) is 4.79 Å². The van der Waals surface area contributed by atoms with Crippen LogP contribution in [0.4, 0.5) is 5.69 Å². The Morgan fingerprint density at radius 3 is 2.57 bits per heavy atom. The average Bonchev–Trinajstić information content (AvgIpc) is 3.10. The lowest BCUT2D eigenvalue weighted by molar-refractivity contribution is -0.117. The van der Waals surface area contributed by atoms with Gasteiger partial charge >= 0.3 is 0 Å². The summed E-state index contributed by atoms with van der Waals surface area (Å²) in [5.74, 6) is -1.29. The minimum Gasteiger partial charge on any atom is -0.370 e. The van der Waals surface area contributed by atoms with Gasteiger partial charge in [-0.2, -0.15) is 5.10 Å². The van der Waals surface area contributed by atoms with Gasteiger partial charge < -0.3 is 16.4 Å². The van der Waals surface area contributed by atoms with Crippen molar-refractivity contribution in [3.8, 4) is 0 Å². The van der Waals surface area contributed by atoms with Crippen LogP contribution in [0.1, 0.15) is 52.7 Å². The molecule has 0 fully saturated rings. The van der Waals surface area contributed by atoms with Gasteiger partial charge in [0.15, 0.2) is 5.65 Å². The molecule has 156 valence electrons. The molecule has 0 bridgehead atoms. The number of amides is 3. The number of anilines is 1. The van der Waals surface area contributed by atoms with E-state index in [0.29, 0.717) is 22.6 Å². The molecular formula is C21H24N6O3. The number of fused-ring (bicyclic) bond motifs is 1. The fourth-order valence-electron chi connectivity index (χ4n) is 3.05. The largest absolute Gasteiger partial charge is 0.370 e. The lowest BCUT2D eigenvalue weighted by Gasteiger charge is -2.13. The number of aromatic nitrogens is 3. The topological polar surface area (TPSA) is 132 Å². The molecule has 2 aromatic heterocycles. The van der Waals surface area contributed by atoms with Gasteiger partial charge in [-0.05, 0) is 39.0 Å². The Balaban J connectivity index is 1.84. The van der Waals surface area contributed by atoms with Crippen molar-refractivity contribution in [1.82, 2.24) is 20.1 Å². The normalized spacial score (nSPS) is 10.9. The first kappa shape index (κ1) is 21.0. The Hall–Kier alpha value is -3.75.